The second-order valence-corrected chi connectivity index (χ2v) is 6.81. The van der Waals surface area contributed by atoms with E-state index in [2.05, 4.69) is 15.9 Å². The summed E-state index contributed by atoms with van der Waals surface area (Å²) >= 11 is 4.52. The molecular formula is C8H12BrNO2S2. The van der Waals surface area contributed by atoms with Gasteiger partial charge >= 0.3 is 0 Å². The van der Waals surface area contributed by atoms with E-state index < -0.39 is 10.0 Å². The van der Waals surface area contributed by atoms with Crippen LogP contribution in [0, 0.1) is 0 Å². The van der Waals surface area contributed by atoms with Gasteiger partial charge in [0.25, 0.3) is 10.0 Å². The smallest absolute Gasteiger partial charge is 0.206 e. The normalized spacial score (nSPS) is 12.2. The summed E-state index contributed by atoms with van der Waals surface area (Å²) in [5.74, 6) is 0. The van der Waals surface area contributed by atoms with Gasteiger partial charge in [-0.1, -0.05) is 22.0 Å². The number of halogens is 1. The second-order valence-electron chi connectivity index (χ2n) is 2.80. The zero-order chi connectivity index (χ0) is 10.6. The largest absolute Gasteiger partial charge is 0.252 e. The molecule has 0 radical (unpaired) electrons. The van der Waals surface area contributed by atoms with Crippen molar-refractivity contribution in [2.24, 2.45) is 0 Å². The maximum atomic E-state index is 11.8. The number of thiophene rings is 1. The third kappa shape index (κ3) is 2.79. The van der Waals surface area contributed by atoms with Crippen LogP contribution in [0.5, 0.6) is 0 Å². The molecule has 0 saturated carbocycles. The second kappa shape index (κ2) is 5.25. The van der Waals surface area contributed by atoms with Gasteiger partial charge < -0.3 is 0 Å². The number of sulfonamides is 1. The maximum absolute atomic E-state index is 11.8. The van der Waals surface area contributed by atoms with Gasteiger partial charge in [0, 0.05) is 18.9 Å². The van der Waals surface area contributed by atoms with E-state index in [9.17, 15) is 8.42 Å². The number of hydrogen-bond acceptors (Lipinski definition) is 3. The fourth-order valence-electron chi connectivity index (χ4n) is 0.966. The van der Waals surface area contributed by atoms with Crippen molar-refractivity contribution in [1.29, 1.82) is 0 Å². The summed E-state index contributed by atoms with van der Waals surface area (Å²) in [6.45, 7) is 0.547. The Bertz CT molecular complexity index is 361. The van der Waals surface area contributed by atoms with Crippen molar-refractivity contribution in [2.45, 2.75) is 10.6 Å². The Hall–Kier alpha value is 0.0900. The lowest BCUT2D eigenvalue weighted by molar-refractivity contribution is 0.472. The topological polar surface area (TPSA) is 37.4 Å². The summed E-state index contributed by atoms with van der Waals surface area (Å²) in [5, 5.41) is 2.59. The van der Waals surface area contributed by atoms with Crippen LogP contribution in [0.1, 0.15) is 6.42 Å². The molecule has 0 aliphatic rings. The molecule has 1 rings (SSSR count). The van der Waals surface area contributed by atoms with E-state index in [1.54, 1.807) is 24.6 Å². The molecule has 1 aromatic heterocycles. The summed E-state index contributed by atoms with van der Waals surface area (Å²) in [4.78, 5) is 0. The first-order valence-electron chi connectivity index (χ1n) is 4.15. The monoisotopic (exact) mass is 297 g/mol. The van der Waals surface area contributed by atoms with Crippen LogP contribution >= 0.6 is 27.3 Å². The Morgan fingerprint density at radius 2 is 2.29 bits per heavy atom. The Morgan fingerprint density at radius 1 is 1.57 bits per heavy atom. The van der Waals surface area contributed by atoms with E-state index in [0.29, 0.717) is 10.8 Å². The van der Waals surface area contributed by atoms with Crippen molar-refractivity contribution < 1.29 is 8.42 Å². The number of hydrogen-bond donors (Lipinski definition) is 0. The molecule has 0 N–H and O–H groups in total. The molecule has 1 aromatic rings. The van der Waals surface area contributed by atoms with E-state index in [1.165, 1.54) is 15.6 Å². The highest BCUT2D eigenvalue weighted by Gasteiger charge is 2.20. The van der Waals surface area contributed by atoms with Crippen molar-refractivity contribution in [3.05, 3.63) is 17.5 Å². The van der Waals surface area contributed by atoms with Gasteiger partial charge in [0.2, 0.25) is 0 Å². The molecule has 0 aliphatic carbocycles. The quantitative estimate of drug-likeness (QED) is 0.781. The van der Waals surface area contributed by atoms with Crippen molar-refractivity contribution in [3.8, 4) is 0 Å². The van der Waals surface area contributed by atoms with Crippen molar-refractivity contribution in [3.63, 3.8) is 0 Å². The van der Waals surface area contributed by atoms with Gasteiger partial charge in [0.05, 0.1) is 0 Å². The van der Waals surface area contributed by atoms with Gasteiger partial charge in [0.15, 0.2) is 0 Å². The van der Waals surface area contributed by atoms with Crippen molar-refractivity contribution in [1.82, 2.24) is 4.31 Å². The number of alkyl halides is 1. The van der Waals surface area contributed by atoms with Gasteiger partial charge in [-0.2, -0.15) is 0 Å². The van der Waals surface area contributed by atoms with Crippen molar-refractivity contribution in [2.75, 3.05) is 18.9 Å². The van der Waals surface area contributed by atoms with Gasteiger partial charge in [0.1, 0.15) is 4.21 Å². The fourth-order valence-corrected chi connectivity index (χ4v) is 3.63. The lowest BCUT2D eigenvalue weighted by Crippen LogP contribution is -2.27. The molecule has 0 amide bonds. The number of nitrogens with zero attached hydrogens (tertiary/aromatic N) is 1. The highest BCUT2D eigenvalue weighted by atomic mass is 79.9. The summed E-state index contributed by atoms with van der Waals surface area (Å²) in [7, 11) is -1.63. The van der Waals surface area contributed by atoms with Crippen LogP contribution in [0.25, 0.3) is 0 Å². The van der Waals surface area contributed by atoms with E-state index in [0.717, 1.165) is 11.8 Å². The third-order valence-corrected chi connectivity index (χ3v) is 5.56. The Labute approximate surface area is 96.9 Å². The molecule has 0 fully saturated rings. The molecule has 6 heteroatoms. The van der Waals surface area contributed by atoms with Gasteiger partial charge in [-0.3, -0.25) is 0 Å². The molecule has 14 heavy (non-hydrogen) atoms. The standard InChI is InChI=1S/C8H12BrNO2S2/c1-10(6-3-5-9)14(11,12)8-4-2-7-13-8/h2,4,7H,3,5-6H2,1H3. The van der Waals surface area contributed by atoms with E-state index in [1.807, 2.05) is 0 Å². The fraction of sp³-hybridized carbons (Fsp3) is 0.500. The summed E-state index contributed by atoms with van der Waals surface area (Å²) in [5.41, 5.74) is 0. The SMILES string of the molecule is CN(CCCBr)S(=O)(=O)c1cccs1. The number of rotatable bonds is 5. The zero-order valence-corrected chi connectivity index (χ0v) is 11.0. The Morgan fingerprint density at radius 3 is 2.79 bits per heavy atom. The summed E-state index contributed by atoms with van der Waals surface area (Å²) < 4.78 is 25.4. The van der Waals surface area contributed by atoms with Crippen LogP contribution < -0.4 is 0 Å². The van der Waals surface area contributed by atoms with Crippen LogP contribution in [0.4, 0.5) is 0 Å². The molecule has 0 bridgehead atoms. The molecule has 3 nitrogen and oxygen atoms in total. The highest BCUT2D eigenvalue weighted by molar-refractivity contribution is 9.09. The Kier molecular flexibility index (Phi) is 4.56. The average molecular weight is 298 g/mol. The molecule has 0 atom stereocenters. The Balaban J connectivity index is 2.76. The summed E-state index contributed by atoms with van der Waals surface area (Å²) in [6.07, 6.45) is 0.821. The predicted octanol–water partition coefficient (Wildman–Crippen LogP) is 2.15. The van der Waals surface area contributed by atoms with Crippen LogP contribution in [0.15, 0.2) is 21.7 Å². The van der Waals surface area contributed by atoms with Gasteiger partial charge in [-0.25, -0.2) is 12.7 Å². The molecule has 0 aromatic carbocycles. The predicted molar refractivity (Wildman–Crippen MR) is 62.5 cm³/mol. The molecule has 0 unspecified atom stereocenters. The molecular weight excluding hydrogens is 286 g/mol. The first kappa shape index (κ1) is 12.2. The summed E-state index contributed by atoms with van der Waals surface area (Å²) in [6, 6.07) is 3.38. The van der Waals surface area contributed by atoms with E-state index in [4.69, 9.17) is 0 Å². The maximum Gasteiger partial charge on any atom is 0.252 e. The van der Waals surface area contributed by atoms with Crippen LogP contribution in [-0.4, -0.2) is 31.6 Å². The van der Waals surface area contributed by atoms with Gasteiger partial charge in [-0.05, 0) is 17.9 Å². The van der Waals surface area contributed by atoms with E-state index in [-0.39, 0.29) is 0 Å². The van der Waals surface area contributed by atoms with Crippen LogP contribution in [-0.2, 0) is 10.0 Å². The van der Waals surface area contributed by atoms with E-state index >= 15 is 0 Å². The lowest BCUT2D eigenvalue weighted by atomic mass is 10.5. The average Bonchev–Trinajstić information content (AvgIpc) is 2.67. The first-order valence-corrected chi connectivity index (χ1v) is 7.59. The molecule has 0 spiro atoms. The molecule has 80 valence electrons. The minimum Gasteiger partial charge on any atom is -0.206 e. The molecule has 0 aliphatic heterocycles. The van der Waals surface area contributed by atoms with Crippen molar-refractivity contribution >= 4 is 37.3 Å². The molecule has 0 saturated heterocycles. The van der Waals surface area contributed by atoms with Crippen LogP contribution in [0.2, 0.25) is 0 Å². The molecule has 1 heterocycles. The van der Waals surface area contributed by atoms with Crippen LogP contribution in [0.3, 0.4) is 0 Å². The lowest BCUT2D eigenvalue weighted by Gasteiger charge is -2.14. The third-order valence-electron chi connectivity index (χ3n) is 1.77. The minimum atomic E-state index is -3.24. The van der Waals surface area contributed by atoms with Gasteiger partial charge in [-0.15, -0.1) is 11.3 Å². The highest BCUT2D eigenvalue weighted by Crippen LogP contribution is 2.19. The minimum absolute atomic E-state index is 0.412. The zero-order valence-electron chi connectivity index (χ0n) is 7.81. The first-order chi connectivity index (χ1) is 6.59.